The maximum absolute atomic E-state index is 5.55. The first-order valence-electron chi connectivity index (χ1n) is 8.20. The largest absolute Gasteiger partial charge is 0.493 e. The van der Waals surface area contributed by atoms with E-state index in [1.54, 1.807) is 28.4 Å². The van der Waals surface area contributed by atoms with Crippen LogP contribution in [0.5, 0.6) is 23.0 Å². The molecule has 0 amide bonds. The van der Waals surface area contributed by atoms with Crippen molar-refractivity contribution in [2.45, 2.75) is 0 Å². The van der Waals surface area contributed by atoms with E-state index in [0.29, 0.717) is 23.0 Å². The molecule has 0 saturated carbocycles. The molecule has 0 atom stereocenters. The zero-order valence-electron chi connectivity index (χ0n) is 15.1. The third-order valence-corrected chi connectivity index (χ3v) is 4.69. The van der Waals surface area contributed by atoms with Gasteiger partial charge in [0.2, 0.25) is 0 Å². The molecule has 3 aromatic carbocycles. The molecule has 0 unspecified atom stereocenters. The van der Waals surface area contributed by atoms with Gasteiger partial charge in [0.15, 0.2) is 23.0 Å². The van der Waals surface area contributed by atoms with E-state index in [2.05, 4.69) is 12.1 Å². The Kier molecular flexibility index (Phi) is 3.92. The second-order valence-electron chi connectivity index (χ2n) is 5.91. The van der Waals surface area contributed by atoms with Crippen LogP contribution in [0.2, 0.25) is 0 Å². The smallest absolute Gasteiger partial charge is 0.170 e. The van der Waals surface area contributed by atoms with E-state index < -0.39 is 0 Å². The van der Waals surface area contributed by atoms with Crippen molar-refractivity contribution >= 4 is 32.4 Å². The summed E-state index contributed by atoms with van der Waals surface area (Å²) in [4.78, 5) is 4.72. The lowest BCUT2D eigenvalue weighted by Gasteiger charge is -2.14. The Labute approximate surface area is 151 Å². The van der Waals surface area contributed by atoms with Crippen LogP contribution in [0.15, 0.2) is 42.6 Å². The number of pyridine rings is 1. The minimum Gasteiger partial charge on any atom is -0.493 e. The van der Waals surface area contributed by atoms with Gasteiger partial charge in [-0.1, -0.05) is 12.1 Å². The summed E-state index contributed by atoms with van der Waals surface area (Å²) in [6, 6.07) is 12.0. The summed E-state index contributed by atoms with van der Waals surface area (Å²) >= 11 is 0. The van der Waals surface area contributed by atoms with Gasteiger partial charge in [0.05, 0.1) is 34.0 Å². The summed E-state index contributed by atoms with van der Waals surface area (Å²) in [5.41, 5.74) is 0.906. The van der Waals surface area contributed by atoms with Gasteiger partial charge in [-0.05, 0) is 35.0 Å². The highest BCUT2D eigenvalue weighted by Crippen LogP contribution is 2.40. The fourth-order valence-electron chi connectivity index (χ4n) is 3.43. The molecule has 0 aliphatic rings. The van der Waals surface area contributed by atoms with Crippen molar-refractivity contribution in [1.29, 1.82) is 0 Å². The number of ether oxygens (including phenoxy) is 4. The number of rotatable bonds is 4. The van der Waals surface area contributed by atoms with Crippen LogP contribution >= 0.6 is 0 Å². The molecular weight excluding hydrogens is 330 g/mol. The predicted octanol–water partition coefficient (Wildman–Crippen LogP) is 4.58. The Balaban J connectivity index is 2.11. The van der Waals surface area contributed by atoms with Crippen molar-refractivity contribution in [2.75, 3.05) is 28.4 Å². The van der Waals surface area contributed by atoms with Gasteiger partial charge in [0.25, 0.3) is 0 Å². The van der Waals surface area contributed by atoms with Crippen LogP contribution < -0.4 is 18.9 Å². The second-order valence-corrected chi connectivity index (χ2v) is 5.91. The van der Waals surface area contributed by atoms with E-state index in [1.165, 1.54) is 0 Å². The predicted molar refractivity (Wildman–Crippen MR) is 103 cm³/mol. The van der Waals surface area contributed by atoms with Crippen LogP contribution in [0.4, 0.5) is 0 Å². The minimum absolute atomic E-state index is 0.682. The van der Waals surface area contributed by atoms with Crippen LogP contribution in [0.25, 0.3) is 32.4 Å². The highest BCUT2D eigenvalue weighted by molar-refractivity contribution is 6.16. The molecule has 0 spiro atoms. The molecule has 0 N–H and O–H groups in total. The highest BCUT2D eigenvalue weighted by atomic mass is 16.5. The molecule has 5 heteroatoms. The molecule has 0 bridgehead atoms. The molecule has 4 rings (SSSR count). The first-order chi connectivity index (χ1) is 12.7. The summed E-state index contributed by atoms with van der Waals surface area (Å²) in [6.45, 7) is 0. The molecule has 0 aliphatic heterocycles. The normalized spacial score (nSPS) is 11.1. The summed E-state index contributed by atoms with van der Waals surface area (Å²) in [5.74, 6) is 2.76. The van der Waals surface area contributed by atoms with Crippen LogP contribution in [0, 0.1) is 0 Å². The zero-order chi connectivity index (χ0) is 18.3. The Morgan fingerprint density at radius 3 is 2.00 bits per heavy atom. The topological polar surface area (TPSA) is 49.8 Å². The SMILES string of the molecule is COc1cc2ccc3c4ccc(OC)c(OC)c4cnc3c2cc1OC. The van der Waals surface area contributed by atoms with Crippen LogP contribution in [0.1, 0.15) is 0 Å². The maximum Gasteiger partial charge on any atom is 0.170 e. The number of benzene rings is 3. The first kappa shape index (κ1) is 16.3. The van der Waals surface area contributed by atoms with E-state index in [1.807, 2.05) is 30.5 Å². The van der Waals surface area contributed by atoms with E-state index in [9.17, 15) is 0 Å². The molecule has 132 valence electrons. The molecule has 0 saturated heterocycles. The lowest BCUT2D eigenvalue weighted by atomic mass is 10.0. The van der Waals surface area contributed by atoms with Gasteiger partial charge >= 0.3 is 0 Å². The van der Waals surface area contributed by atoms with Crippen molar-refractivity contribution in [3.8, 4) is 23.0 Å². The molecule has 1 heterocycles. The molecule has 0 fully saturated rings. The van der Waals surface area contributed by atoms with E-state index >= 15 is 0 Å². The molecule has 5 nitrogen and oxygen atoms in total. The first-order valence-corrected chi connectivity index (χ1v) is 8.20. The van der Waals surface area contributed by atoms with Crippen LogP contribution in [-0.4, -0.2) is 33.4 Å². The van der Waals surface area contributed by atoms with Gasteiger partial charge in [0, 0.05) is 22.4 Å². The van der Waals surface area contributed by atoms with E-state index in [4.69, 9.17) is 23.9 Å². The van der Waals surface area contributed by atoms with E-state index in [0.717, 1.165) is 32.4 Å². The third kappa shape index (κ3) is 2.28. The van der Waals surface area contributed by atoms with Crippen LogP contribution in [-0.2, 0) is 0 Å². The minimum atomic E-state index is 0.682. The van der Waals surface area contributed by atoms with Crippen molar-refractivity contribution in [3.05, 3.63) is 42.6 Å². The average Bonchev–Trinajstić information content (AvgIpc) is 2.70. The molecule has 0 radical (unpaired) electrons. The quantitative estimate of drug-likeness (QED) is 0.505. The Morgan fingerprint density at radius 2 is 1.31 bits per heavy atom. The third-order valence-electron chi connectivity index (χ3n) is 4.69. The van der Waals surface area contributed by atoms with Gasteiger partial charge in [-0.3, -0.25) is 4.98 Å². The lowest BCUT2D eigenvalue weighted by molar-refractivity contribution is 0.356. The molecule has 4 aromatic rings. The number of methoxy groups -OCH3 is 4. The summed E-state index contributed by atoms with van der Waals surface area (Å²) in [7, 11) is 6.54. The van der Waals surface area contributed by atoms with Crippen molar-refractivity contribution < 1.29 is 18.9 Å². The highest BCUT2D eigenvalue weighted by Gasteiger charge is 2.14. The number of hydrogen-bond acceptors (Lipinski definition) is 5. The molecule has 26 heavy (non-hydrogen) atoms. The maximum atomic E-state index is 5.55. The summed E-state index contributed by atoms with van der Waals surface area (Å²) < 4.78 is 21.8. The Morgan fingerprint density at radius 1 is 0.615 bits per heavy atom. The van der Waals surface area contributed by atoms with Crippen molar-refractivity contribution in [2.24, 2.45) is 0 Å². The lowest BCUT2D eigenvalue weighted by Crippen LogP contribution is -1.94. The molecular formula is C21H19NO4. The van der Waals surface area contributed by atoms with Gasteiger partial charge < -0.3 is 18.9 Å². The summed E-state index contributed by atoms with van der Waals surface area (Å²) in [6.07, 6.45) is 1.83. The standard InChI is InChI=1S/C21H19NO4/c1-23-17-8-7-13-14-6-5-12-9-18(24-2)19(25-3)10-15(12)20(14)22-11-16(13)21(17)26-4/h5-11H,1-4H3. The van der Waals surface area contributed by atoms with Gasteiger partial charge in [-0.15, -0.1) is 0 Å². The average molecular weight is 349 g/mol. The van der Waals surface area contributed by atoms with Gasteiger partial charge in [-0.2, -0.15) is 0 Å². The Bertz CT molecular complexity index is 1130. The summed E-state index contributed by atoms with van der Waals surface area (Å²) in [5, 5.41) is 5.07. The number of hydrogen-bond donors (Lipinski definition) is 0. The van der Waals surface area contributed by atoms with Gasteiger partial charge in [-0.25, -0.2) is 0 Å². The van der Waals surface area contributed by atoms with Crippen molar-refractivity contribution in [3.63, 3.8) is 0 Å². The fourth-order valence-corrected chi connectivity index (χ4v) is 3.43. The zero-order valence-corrected chi connectivity index (χ0v) is 15.1. The van der Waals surface area contributed by atoms with E-state index in [-0.39, 0.29) is 0 Å². The number of fused-ring (bicyclic) bond motifs is 5. The second kappa shape index (κ2) is 6.26. The molecule has 1 aromatic heterocycles. The van der Waals surface area contributed by atoms with Gasteiger partial charge in [0.1, 0.15) is 0 Å². The van der Waals surface area contributed by atoms with Crippen molar-refractivity contribution in [1.82, 2.24) is 4.98 Å². The number of nitrogens with zero attached hydrogens (tertiary/aromatic N) is 1. The number of aromatic nitrogens is 1. The molecule has 0 aliphatic carbocycles. The Hall–Kier alpha value is -3.21. The van der Waals surface area contributed by atoms with Crippen LogP contribution in [0.3, 0.4) is 0 Å². The monoisotopic (exact) mass is 349 g/mol. The fraction of sp³-hybridized carbons (Fsp3) is 0.190.